The van der Waals surface area contributed by atoms with Crippen LogP contribution in [0.4, 0.5) is 0 Å². The number of aryl methyl sites for hydroxylation is 2. The lowest BCUT2D eigenvalue weighted by molar-refractivity contribution is 0.581. The van der Waals surface area contributed by atoms with Crippen molar-refractivity contribution in [1.82, 2.24) is 9.97 Å². The van der Waals surface area contributed by atoms with Crippen molar-refractivity contribution < 1.29 is 4.42 Å². The molecule has 0 unspecified atom stereocenters. The lowest BCUT2D eigenvalue weighted by atomic mass is 10.2. The quantitative estimate of drug-likeness (QED) is 0.586. The van der Waals surface area contributed by atoms with Gasteiger partial charge in [-0.25, -0.2) is 4.98 Å². The second-order valence-electron chi connectivity index (χ2n) is 3.56. The van der Waals surface area contributed by atoms with Gasteiger partial charge in [-0.1, -0.05) is 0 Å². The van der Waals surface area contributed by atoms with E-state index in [0.717, 1.165) is 33.6 Å². The predicted molar refractivity (Wildman–Crippen MR) is 55.3 cm³/mol. The Morgan fingerprint density at radius 1 is 1.29 bits per heavy atom. The number of nitrogens with one attached hydrogen (secondary N) is 1. The smallest absolute Gasteiger partial charge is 0.162 e. The van der Waals surface area contributed by atoms with Gasteiger partial charge in [0.15, 0.2) is 5.58 Å². The van der Waals surface area contributed by atoms with E-state index in [2.05, 4.69) is 9.97 Å². The van der Waals surface area contributed by atoms with Crippen molar-refractivity contribution in [1.29, 1.82) is 0 Å². The molecular weight excluding hydrogens is 176 g/mol. The molecule has 0 radical (unpaired) electrons. The highest BCUT2D eigenvalue weighted by Gasteiger charge is 2.08. The van der Waals surface area contributed by atoms with Gasteiger partial charge in [-0.15, -0.1) is 0 Å². The summed E-state index contributed by atoms with van der Waals surface area (Å²) in [6.45, 7) is 3.90. The first-order valence-corrected chi connectivity index (χ1v) is 4.59. The van der Waals surface area contributed by atoms with Gasteiger partial charge in [0.1, 0.15) is 17.1 Å². The van der Waals surface area contributed by atoms with Crippen molar-refractivity contribution in [2.45, 2.75) is 13.8 Å². The number of nitrogens with zero attached hydrogens (tertiary/aromatic N) is 1. The zero-order valence-electron chi connectivity index (χ0n) is 8.09. The van der Waals surface area contributed by atoms with Gasteiger partial charge in [0, 0.05) is 5.39 Å². The molecule has 0 atom stereocenters. The van der Waals surface area contributed by atoms with Crippen LogP contribution in [0.15, 0.2) is 22.6 Å². The van der Waals surface area contributed by atoms with Crippen LogP contribution in [0.25, 0.3) is 22.0 Å². The van der Waals surface area contributed by atoms with Gasteiger partial charge in [-0.05, 0) is 32.0 Å². The molecule has 0 saturated carbocycles. The third-order valence-electron chi connectivity index (χ3n) is 2.38. The number of aromatic nitrogens is 2. The number of furan rings is 1. The third-order valence-corrected chi connectivity index (χ3v) is 2.38. The number of fused-ring (bicyclic) bond motifs is 3. The van der Waals surface area contributed by atoms with E-state index in [1.54, 1.807) is 0 Å². The maximum atomic E-state index is 5.61. The molecule has 3 aromatic rings. The van der Waals surface area contributed by atoms with Gasteiger partial charge >= 0.3 is 0 Å². The van der Waals surface area contributed by atoms with Gasteiger partial charge in [0.25, 0.3) is 0 Å². The fourth-order valence-corrected chi connectivity index (χ4v) is 1.82. The molecule has 3 heteroatoms. The molecule has 0 spiro atoms. The van der Waals surface area contributed by atoms with Crippen molar-refractivity contribution >= 4 is 22.0 Å². The maximum Gasteiger partial charge on any atom is 0.162 e. The Labute approximate surface area is 80.7 Å². The zero-order valence-corrected chi connectivity index (χ0v) is 8.09. The molecule has 0 saturated heterocycles. The Bertz CT molecular complexity index is 563. The molecule has 2 heterocycles. The van der Waals surface area contributed by atoms with Crippen molar-refractivity contribution in [3.8, 4) is 0 Å². The van der Waals surface area contributed by atoms with E-state index < -0.39 is 0 Å². The Balaban J connectivity index is 2.58. The average molecular weight is 186 g/mol. The summed E-state index contributed by atoms with van der Waals surface area (Å²) < 4.78 is 5.61. The summed E-state index contributed by atoms with van der Waals surface area (Å²) in [7, 11) is 0. The van der Waals surface area contributed by atoms with E-state index in [-0.39, 0.29) is 0 Å². The third kappa shape index (κ3) is 0.894. The Morgan fingerprint density at radius 3 is 3.00 bits per heavy atom. The van der Waals surface area contributed by atoms with E-state index >= 15 is 0 Å². The van der Waals surface area contributed by atoms with Crippen LogP contribution in [0, 0.1) is 13.8 Å². The van der Waals surface area contributed by atoms with E-state index in [1.165, 1.54) is 0 Å². The van der Waals surface area contributed by atoms with Crippen molar-refractivity contribution in [3.05, 3.63) is 29.8 Å². The molecule has 14 heavy (non-hydrogen) atoms. The van der Waals surface area contributed by atoms with Crippen LogP contribution < -0.4 is 0 Å². The monoisotopic (exact) mass is 186 g/mol. The number of aromatic amines is 1. The van der Waals surface area contributed by atoms with Gasteiger partial charge in [-0.2, -0.15) is 0 Å². The van der Waals surface area contributed by atoms with E-state index in [9.17, 15) is 0 Å². The normalized spacial score (nSPS) is 11.6. The lowest BCUT2D eigenvalue weighted by Crippen LogP contribution is -1.69. The number of imidazole rings is 1. The minimum absolute atomic E-state index is 0.879. The minimum Gasteiger partial charge on any atom is -0.459 e. The number of hydrogen-bond acceptors (Lipinski definition) is 2. The molecule has 2 aromatic heterocycles. The number of rotatable bonds is 0. The molecule has 1 aromatic carbocycles. The molecule has 0 bridgehead atoms. The first-order valence-electron chi connectivity index (χ1n) is 4.59. The summed E-state index contributed by atoms with van der Waals surface area (Å²) in [5, 5.41) is 1.11. The molecule has 0 fully saturated rings. The summed E-state index contributed by atoms with van der Waals surface area (Å²) in [4.78, 5) is 7.59. The summed E-state index contributed by atoms with van der Waals surface area (Å²) >= 11 is 0. The molecular formula is C11H10N2O. The highest BCUT2D eigenvalue weighted by molar-refractivity contribution is 6.00. The molecule has 0 aliphatic heterocycles. The first kappa shape index (κ1) is 7.62. The number of H-pyrrole nitrogens is 1. The fourth-order valence-electron chi connectivity index (χ4n) is 1.82. The molecule has 1 N–H and O–H groups in total. The first-order chi connectivity index (χ1) is 6.74. The maximum absolute atomic E-state index is 5.61. The van der Waals surface area contributed by atoms with E-state index in [1.807, 2.05) is 32.0 Å². The predicted octanol–water partition coefficient (Wildman–Crippen LogP) is 2.93. The topological polar surface area (TPSA) is 41.8 Å². The summed E-state index contributed by atoms with van der Waals surface area (Å²) in [5.41, 5.74) is 2.84. The van der Waals surface area contributed by atoms with Crippen LogP contribution in [0.1, 0.15) is 11.6 Å². The van der Waals surface area contributed by atoms with Crippen LogP contribution >= 0.6 is 0 Å². The van der Waals surface area contributed by atoms with Crippen molar-refractivity contribution in [2.75, 3.05) is 0 Å². The largest absolute Gasteiger partial charge is 0.459 e. The SMILES string of the molecule is Cc1nc2c(ccc3cc(C)oc32)[nH]1. The van der Waals surface area contributed by atoms with Crippen molar-refractivity contribution in [3.63, 3.8) is 0 Å². The highest BCUT2D eigenvalue weighted by Crippen LogP contribution is 2.26. The summed E-state index contributed by atoms with van der Waals surface area (Å²) in [5.74, 6) is 1.84. The van der Waals surface area contributed by atoms with Crippen LogP contribution in [0.2, 0.25) is 0 Å². The molecule has 0 amide bonds. The molecule has 3 nitrogen and oxygen atoms in total. The Hall–Kier alpha value is -1.77. The second-order valence-corrected chi connectivity index (χ2v) is 3.56. The highest BCUT2D eigenvalue weighted by atomic mass is 16.3. The zero-order chi connectivity index (χ0) is 9.71. The van der Waals surface area contributed by atoms with Gasteiger partial charge in [0.05, 0.1) is 5.52 Å². The molecule has 0 aliphatic rings. The Morgan fingerprint density at radius 2 is 2.14 bits per heavy atom. The second kappa shape index (κ2) is 2.38. The molecule has 70 valence electrons. The number of benzene rings is 1. The van der Waals surface area contributed by atoms with Gasteiger partial charge < -0.3 is 9.40 Å². The Kier molecular flexibility index (Phi) is 1.29. The standard InChI is InChI=1S/C11H10N2O/c1-6-5-8-3-4-9-10(11(8)14-6)13-7(2)12-9/h3-5H,1-2H3,(H,12,13). The fraction of sp³-hybridized carbons (Fsp3) is 0.182. The van der Waals surface area contributed by atoms with E-state index in [4.69, 9.17) is 4.42 Å². The molecule has 3 rings (SSSR count). The average Bonchev–Trinajstić information content (AvgIpc) is 2.65. The van der Waals surface area contributed by atoms with Gasteiger partial charge in [0.2, 0.25) is 0 Å². The minimum atomic E-state index is 0.879. The van der Waals surface area contributed by atoms with Crippen LogP contribution in [-0.2, 0) is 0 Å². The van der Waals surface area contributed by atoms with Gasteiger partial charge in [-0.3, -0.25) is 0 Å². The van der Waals surface area contributed by atoms with Crippen LogP contribution in [0.3, 0.4) is 0 Å². The van der Waals surface area contributed by atoms with Crippen LogP contribution in [0.5, 0.6) is 0 Å². The van der Waals surface area contributed by atoms with Crippen LogP contribution in [-0.4, -0.2) is 9.97 Å². The lowest BCUT2D eigenvalue weighted by Gasteiger charge is -1.88. The number of hydrogen-bond donors (Lipinski definition) is 1. The molecule has 0 aliphatic carbocycles. The summed E-state index contributed by atoms with van der Waals surface area (Å²) in [6, 6.07) is 6.11. The van der Waals surface area contributed by atoms with E-state index in [0.29, 0.717) is 0 Å². The van der Waals surface area contributed by atoms with Crippen molar-refractivity contribution in [2.24, 2.45) is 0 Å². The summed E-state index contributed by atoms with van der Waals surface area (Å²) in [6.07, 6.45) is 0.